The van der Waals surface area contributed by atoms with Crippen molar-refractivity contribution in [1.29, 1.82) is 0 Å². The Bertz CT molecular complexity index is 802. The number of rotatable bonds is 5. The maximum Gasteiger partial charge on any atom is 0.119 e. The van der Waals surface area contributed by atoms with Crippen LogP contribution in [0.5, 0.6) is 5.75 Å². The summed E-state index contributed by atoms with van der Waals surface area (Å²) < 4.78 is 8.25. The summed E-state index contributed by atoms with van der Waals surface area (Å²) in [5, 5.41) is 0. The van der Waals surface area contributed by atoms with Gasteiger partial charge in [-0.3, -0.25) is 0 Å². The lowest BCUT2D eigenvalue weighted by molar-refractivity contribution is 0.298. The zero-order valence-electron chi connectivity index (χ0n) is 12.8. The highest BCUT2D eigenvalue weighted by molar-refractivity contribution is 5.76. The van der Waals surface area contributed by atoms with Gasteiger partial charge in [-0.05, 0) is 49.6 Å². The highest BCUT2D eigenvalue weighted by Crippen LogP contribution is 2.40. The number of ether oxygens (including phenoxy) is 1. The Morgan fingerprint density at radius 1 is 1.14 bits per heavy atom. The van der Waals surface area contributed by atoms with Crippen LogP contribution in [0.4, 0.5) is 0 Å². The van der Waals surface area contributed by atoms with Crippen LogP contribution < -0.4 is 4.74 Å². The first-order chi connectivity index (χ1) is 10.8. The number of aromatic nitrogens is 2. The number of nitrogens with zero attached hydrogens (tertiary/aromatic N) is 2. The number of benzene rings is 2. The van der Waals surface area contributed by atoms with Gasteiger partial charge in [-0.2, -0.15) is 0 Å². The SMILES string of the molecule is Cc1cccc(OCCn2c(C3CC3)nc3ccccc32)c1. The minimum Gasteiger partial charge on any atom is -0.492 e. The van der Waals surface area contributed by atoms with Crippen molar-refractivity contribution >= 4 is 11.0 Å². The standard InChI is InChI=1S/C19H20N2O/c1-14-5-4-6-16(13-14)22-12-11-21-18-8-3-2-7-17(18)20-19(21)15-9-10-15/h2-8,13,15H,9-12H2,1H3. The van der Waals surface area contributed by atoms with Gasteiger partial charge >= 0.3 is 0 Å². The molecule has 0 radical (unpaired) electrons. The maximum absolute atomic E-state index is 5.92. The van der Waals surface area contributed by atoms with Crippen molar-refractivity contribution in [1.82, 2.24) is 9.55 Å². The summed E-state index contributed by atoms with van der Waals surface area (Å²) in [7, 11) is 0. The van der Waals surface area contributed by atoms with Gasteiger partial charge in [0.1, 0.15) is 18.2 Å². The molecule has 4 rings (SSSR count). The monoisotopic (exact) mass is 292 g/mol. The van der Waals surface area contributed by atoms with E-state index in [9.17, 15) is 0 Å². The third kappa shape index (κ3) is 2.59. The van der Waals surface area contributed by atoms with Crippen LogP contribution in [0, 0.1) is 6.92 Å². The lowest BCUT2D eigenvalue weighted by atomic mass is 10.2. The molecule has 1 saturated carbocycles. The topological polar surface area (TPSA) is 27.1 Å². The summed E-state index contributed by atoms with van der Waals surface area (Å²) in [6.07, 6.45) is 2.53. The first-order valence-corrected chi connectivity index (χ1v) is 7.96. The number of imidazole rings is 1. The van der Waals surface area contributed by atoms with Crippen LogP contribution in [0.25, 0.3) is 11.0 Å². The molecular weight excluding hydrogens is 272 g/mol. The molecule has 112 valence electrons. The molecule has 2 aromatic carbocycles. The molecule has 0 spiro atoms. The Hall–Kier alpha value is -2.29. The second-order valence-electron chi connectivity index (χ2n) is 6.05. The minimum absolute atomic E-state index is 0.645. The summed E-state index contributed by atoms with van der Waals surface area (Å²) in [5.74, 6) is 2.82. The molecule has 0 bridgehead atoms. The van der Waals surface area contributed by atoms with Gasteiger partial charge in [0.25, 0.3) is 0 Å². The quantitative estimate of drug-likeness (QED) is 0.701. The smallest absolute Gasteiger partial charge is 0.119 e. The van der Waals surface area contributed by atoms with Gasteiger partial charge in [0.2, 0.25) is 0 Å². The zero-order chi connectivity index (χ0) is 14.9. The Labute approximate surface area is 130 Å². The Balaban J connectivity index is 1.54. The largest absolute Gasteiger partial charge is 0.492 e. The van der Waals surface area contributed by atoms with Crippen molar-refractivity contribution in [2.45, 2.75) is 32.2 Å². The van der Waals surface area contributed by atoms with Gasteiger partial charge in [0, 0.05) is 5.92 Å². The molecule has 0 unspecified atom stereocenters. The molecule has 22 heavy (non-hydrogen) atoms. The summed E-state index contributed by atoms with van der Waals surface area (Å²) >= 11 is 0. The molecule has 1 heterocycles. The normalized spacial score (nSPS) is 14.4. The Kier molecular flexibility index (Phi) is 3.34. The number of aryl methyl sites for hydroxylation is 1. The molecule has 1 aliphatic rings. The summed E-state index contributed by atoms with van der Waals surface area (Å²) in [6.45, 7) is 3.60. The van der Waals surface area contributed by atoms with E-state index in [2.05, 4.69) is 47.9 Å². The highest BCUT2D eigenvalue weighted by Gasteiger charge is 2.29. The van der Waals surface area contributed by atoms with Gasteiger partial charge in [0.15, 0.2) is 0 Å². The molecule has 3 heteroatoms. The van der Waals surface area contributed by atoms with Crippen LogP contribution in [-0.2, 0) is 6.54 Å². The first kappa shape index (κ1) is 13.4. The van der Waals surface area contributed by atoms with Gasteiger partial charge in [-0.25, -0.2) is 4.98 Å². The molecule has 0 aliphatic heterocycles. The van der Waals surface area contributed by atoms with Crippen LogP contribution in [0.2, 0.25) is 0 Å². The van der Waals surface area contributed by atoms with Gasteiger partial charge in [-0.15, -0.1) is 0 Å². The van der Waals surface area contributed by atoms with E-state index < -0.39 is 0 Å². The fourth-order valence-electron chi connectivity index (χ4n) is 2.94. The molecule has 1 aromatic heterocycles. The predicted octanol–water partition coefficient (Wildman–Crippen LogP) is 4.30. The predicted molar refractivity (Wildman–Crippen MR) is 88.4 cm³/mol. The lowest BCUT2D eigenvalue weighted by Crippen LogP contribution is -2.10. The van der Waals surface area contributed by atoms with Crippen molar-refractivity contribution < 1.29 is 4.74 Å². The second kappa shape index (κ2) is 5.48. The van der Waals surface area contributed by atoms with Crippen LogP contribution in [0.15, 0.2) is 48.5 Å². The zero-order valence-corrected chi connectivity index (χ0v) is 12.8. The molecule has 0 saturated heterocycles. The average molecular weight is 292 g/mol. The van der Waals surface area contributed by atoms with Crippen molar-refractivity contribution in [2.75, 3.05) is 6.61 Å². The molecule has 1 aliphatic carbocycles. The van der Waals surface area contributed by atoms with Gasteiger partial charge in [0.05, 0.1) is 17.6 Å². The molecule has 0 N–H and O–H groups in total. The number of hydrogen-bond donors (Lipinski definition) is 0. The van der Waals surface area contributed by atoms with E-state index in [1.807, 2.05) is 12.1 Å². The number of hydrogen-bond acceptors (Lipinski definition) is 2. The van der Waals surface area contributed by atoms with Crippen molar-refractivity contribution in [3.63, 3.8) is 0 Å². The van der Waals surface area contributed by atoms with Crippen LogP contribution in [-0.4, -0.2) is 16.2 Å². The van der Waals surface area contributed by atoms with Crippen LogP contribution in [0.3, 0.4) is 0 Å². The fourth-order valence-corrected chi connectivity index (χ4v) is 2.94. The van der Waals surface area contributed by atoms with Crippen LogP contribution in [0.1, 0.15) is 30.1 Å². The Morgan fingerprint density at radius 3 is 2.82 bits per heavy atom. The average Bonchev–Trinajstić information content (AvgIpc) is 3.30. The minimum atomic E-state index is 0.645. The van der Waals surface area contributed by atoms with E-state index in [4.69, 9.17) is 9.72 Å². The summed E-state index contributed by atoms with van der Waals surface area (Å²) in [5.41, 5.74) is 3.54. The van der Waals surface area contributed by atoms with E-state index >= 15 is 0 Å². The second-order valence-corrected chi connectivity index (χ2v) is 6.05. The van der Waals surface area contributed by atoms with Crippen molar-refractivity contribution in [2.24, 2.45) is 0 Å². The number of fused-ring (bicyclic) bond motifs is 1. The van der Waals surface area contributed by atoms with Gasteiger partial charge in [-0.1, -0.05) is 24.3 Å². The third-order valence-corrected chi connectivity index (χ3v) is 4.20. The summed E-state index contributed by atoms with van der Waals surface area (Å²) in [6, 6.07) is 16.6. The highest BCUT2D eigenvalue weighted by atomic mass is 16.5. The fraction of sp³-hybridized carbons (Fsp3) is 0.316. The van der Waals surface area contributed by atoms with Crippen molar-refractivity contribution in [3.8, 4) is 5.75 Å². The third-order valence-electron chi connectivity index (χ3n) is 4.20. The molecule has 3 aromatic rings. The van der Waals surface area contributed by atoms with E-state index in [1.54, 1.807) is 0 Å². The van der Waals surface area contributed by atoms with Crippen molar-refractivity contribution in [3.05, 3.63) is 59.9 Å². The molecule has 0 atom stereocenters. The molecule has 0 amide bonds. The Morgan fingerprint density at radius 2 is 2.00 bits per heavy atom. The molecule has 3 nitrogen and oxygen atoms in total. The number of para-hydroxylation sites is 2. The lowest BCUT2D eigenvalue weighted by Gasteiger charge is -2.11. The first-order valence-electron chi connectivity index (χ1n) is 7.96. The van der Waals surface area contributed by atoms with E-state index in [0.717, 1.165) is 17.8 Å². The van der Waals surface area contributed by atoms with E-state index in [0.29, 0.717) is 12.5 Å². The maximum atomic E-state index is 5.92. The van der Waals surface area contributed by atoms with E-state index in [1.165, 1.54) is 29.7 Å². The molecule has 1 fully saturated rings. The molecular formula is C19H20N2O. The summed E-state index contributed by atoms with van der Waals surface area (Å²) in [4.78, 5) is 4.82. The van der Waals surface area contributed by atoms with Gasteiger partial charge < -0.3 is 9.30 Å². The van der Waals surface area contributed by atoms with E-state index in [-0.39, 0.29) is 0 Å². The van der Waals surface area contributed by atoms with Crippen LogP contribution >= 0.6 is 0 Å².